The Labute approximate surface area is 162 Å². The third kappa shape index (κ3) is 4.93. The minimum absolute atomic E-state index is 0.337. The van der Waals surface area contributed by atoms with Crippen LogP contribution in [0.1, 0.15) is 11.1 Å². The first-order valence-corrected chi connectivity index (χ1v) is 9.67. The van der Waals surface area contributed by atoms with Gasteiger partial charge in [-0.2, -0.15) is 0 Å². The summed E-state index contributed by atoms with van der Waals surface area (Å²) in [5, 5.41) is 10.4. The molecule has 2 aromatic rings. The van der Waals surface area contributed by atoms with Gasteiger partial charge in [0, 0.05) is 0 Å². The van der Waals surface area contributed by atoms with Crippen LogP contribution in [0.25, 0.3) is 0 Å². The Hall–Kier alpha value is -2.24. The van der Waals surface area contributed by atoms with Crippen molar-refractivity contribution in [2.24, 2.45) is 0 Å². The molecule has 3 rings (SSSR count). The van der Waals surface area contributed by atoms with Gasteiger partial charge in [0.2, 0.25) is 0 Å². The molecule has 5 heteroatoms. The maximum atomic E-state index is 10.4. The van der Waals surface area contributed by atoms with E-state index in [-0.39, 0.29) is 0 Å². The van der Waals surface area contributed by atoms with E-state index < -0.39 is 6.10 Å². The van der Waals surface area contributed by atoms with Crippen LogP contribution in [0.4, 0.5) is 5.69 Å². The minimum Gasteiger partial charge on any atom is -0.495 e. The zero-order valence-electron chi connectivity index (χ0n) is 16.6. The van der Waals surface area contributed by atoms with E-state index in [9.17, 15) is 5.11 Å². The Kier molecular flexibility index (Phi) is 6.58. The third-order valence-corrected chi connectivity index (χ3v) is 5.41. The first kappa shape index (κ1) is 19.5. The molecule has 0 radical (unpaired) electrons. The van der Waals surface area contributed by atoms with Crippen LogP contribution < -0.4 is 19.3 Å². The molecule has 1 heterocycles. The number of para-hydroxylation sites is 2. The number of aliphatic hydroxyl groups is 1. The number of anilines is 1. The van der Waals surface area contributed by atoms with Crippen molar-refractivity contribution in [3.8, 4) is 11.5 Å². The molecule has 0 bridgehead atoms. The van der Waals surface area contributed by atoms with Crippen molar-refractivity contribution < 1.29 is 19.5 Å². The largest absolute Gasteiger partial charge is 0.495 e. The number of hydrogen-bond donors (Lipinski definition) is 2. The van der Waals surface area contributed by atoms with Crippen LogP contribution >= 0.6 is 0 Å². The van der Waals surface area contributed by atoms with Crippen LogP contribution in [0.2, 0.25) is 0 Å². The standard InChI is InChI=1S/C22H30N2O3/c1-17-7-6-10-21(18(17)2)27-16-19(25)15-23-11-13-24(14-12-23)20-8-4-5-9-22(20)26-3/h4-10,19,25H,11-16H2,1-3H3/p+1/t19-/m1/s1. The first-order chi connectivity index (χ1) is 13.1. The molecule has 0 saturated carbocycles. The predicted octanol–water partition coefficient (Wildman–Crippen LogP) is 1.46. The lowest BCUT2D eigenvalue weighted by molar-refractivity contribution is -0.903. The lowest BCUT2D eigenvalue weighted by Gasteiger charge is -2.35. The van der Waals surface area contributed by atoms with Gasteiger partial charge in [0.1, 0.15) is 30.8 Å². The third-order valence-electron chi connectivity index (χ3n) is 5.41. The number of methoxy groups -OCH3 is 1. The van der Waals surface area contributed by atoms with E-state index >= 15 is 0 Å². The second-order valence-corrected chi connectivity index (χ2v) is 7.28. The van der Waals surface area contributed by atoms with Crippen LogP contribution in [-0.2, 0) is 0 Å². The van der Waals surface area contributed by atoms with Gasteiger partial charge in [-0.15, -0.1) is 0 Å². The summed E-state index contributed by atoms with van der Waals surface area (Å²) in [5.41, 5.74) is 3.50. The molecule has 2 aromatic carbocycles. The molecule has 1 aliphatic heterocycles. The number of benzene rings is 2. The van der Waals surface area contributed by atoms with Crippen LogP contribution in [0.5, 0.6) is 11.5 Å². The van der Waals surface area contributed by atoms with Gasteiger partial charge >= 0.3 is 0 Å². The van der Waals surface area contributed by atoms with E-state index in [1.165, 1.54) is 10.5 Å². The number of nitrogens with zero attached hydrogens (tertiary/aromatic N) is 1. The lowest BCUT2D eigenvalue weighted by atomic mass is 10.1. The average molecular weight is 372 g/mol. The molecule has 1 fully saturated rings. The van der Waals surface area contributed by atoms with E-state index in [2.05, 4.69) is 30.9 Å². The molecule has 0 amide bonds. The molecule has 1 aliphatic rings. The topological polar surface area (TPSA) is 46.4 Å². The highest BCUT2D eigenvalue weighted by Crippen LogP contribution is 2.27. The molecular formula is C22H31N2O3+. The van der Waals surface area contributed by atoms with Gasteiger partial charge < -0.3 is 24.4 Å². The summed E-state index contributed by atoms with van der Waals surface area (Å²) in [4.78, 5) is 3.78. The van der Waals surface area contributed by atoms with Crippen molar-refractivity contribution >= 4 is 5.69 Å². The molecule has 2 N–H and O–H groups in total. The van der Waals surface area contributed by atoms with E-state index in [4.69, 9.17) is 9.47 Å². The second kappa shape index (κ2) is 9.11. The number of aliphatic hydroxyl groups excluding tert-OH is 1. The van der Waals surface area contributed by atoms with E-state index in [0.29, 0.717) is 13.2 Å². The predicted molar refractivity (Wildman–Crippen MR) is 108 cm³/mol. The fourth-order valence-corrected chi connectivity index (χ4v) is 3.62. The molecule has 27 heavy (non-hydrogen) atoms. The number of nitrogens with one attached hydrogen (secondary N) is 1. The average Bonchev–Trinajstić information content (AvgIpc) is 2.69. The number of ether oxygens (including phenoxy) is 2. The highest BCUT2D eigenvalue weighted by Gasteiger charge is 2.24. The Morgan fingerprint density at radius 2 is 1.74 bits per heavy atom. The van der Waals surface area contributed by atoms with Crippen molar-refractivity contribution in [2.75, 3.05) is 51.3 Å². The van der Waals surface area contributed by atoms with Gasteiger partial charge in [0.05, 0.1) is 39.0 Å². The van der Waals surface area contributed by atoms with Crippen molar-refractivity contribution in [2.45, 2.75) is 20.0 Å². The molecule has 0 aliphatic carbocycles. The van der Waals surface area contributed by atoms with Gasteiger partial charge in [-0.25, -0.2) is 0 Å². The fourth-order valence-electron chi connectivity index (χ4n) is 3.62. The summed E-state index contributed by atoms with van der Waals surface area (Å²) in [6.07, 6.45) is -0.460. The van der Waals surface area contributed by atoms with Gasteiger partial charge in [0.25, 0.3) is 0 Å². The van der Waals surface area contributed by atoms with Gasteiger partial charge in [-0.05, 0) is 43.2 Å². The highest BCUT2D eigenvalue weighted by atomic mass is 16.5. The Morgan fingerprint density at radius 3 is 2.48 bits per heavy atom. The minimum atomic E-state index is -0.460. The SMILES string of the molecule is COc1ccccc1N1CC[NH+](C[C@@H](O)COc2cccc(C)c2C)CC1. The molecule has 0 unspecified atom stereocenters. The summed E-state index contributed by atoms with van der Waals surface area (Å²) in [5.74, 6) is 1.79. The van der Waals surface area contributed by atoms with E-state index in [1.54, 1.807) is 7.11 Å². The zero-order chi connectivity index (χ0) is 19.2. The number of aryl methyl sites for hydroxylation is 1. The maximum Gasteiger partial charge on any atom is 0.142 e. The number of quaternary nitrogens is 1. The first-order valence-electron chi connectivity index (χ1n) is 9.67. The number of piperazine rings is 1. The van der Waals surface area contributed by atoms with Gasteiger partial charge in [-0.3, -0.25) is 0 Å². The summed E-state index contributed by atoms with van der Waals surface area (Å²) >= 11 is 0. The van der Waals surface area contributed by atoms with Crippen LogP contribution in [0.3, 0.4) is 0 Å². The van der Waals surface area contributed by atoms with Crippen LogP contribution in [0.15, 0.2) is 42.5 Å². The Bertz CT molecular complexity index is 742. The smallest absolute Gasteiger partial charge is 0.142 e. The van der Waals surface area contributed by atoms with E-state index in [0.717, 1.165) is 48.9 Å². The van der Waals surface area contributed by atoms with Gasteiger partial charge in [0.15, 0.2) is 0 Å². The van der Waals surface area contributed by atoms with Crippen molar-refractivity contribution in [1.29, 1.82) is 0 Å². The number of hydrogen-bond acceptors (Lipinski definition) is 4. The fraction of sp³-hybridized carbons (Fsp3) is 0.455. The molecule has 5 nitrogen and oxygen atoms in total. The number of rotatable bonds is 7. The summed E-state index contributed by atoms with van der Waals surface area (Å²) in [6.45, 7) is 9.09. The zero-order valence-corrected chi connectivity index (χ0v) is 16.6. The Balaban J connectivity index is 1.47. The second-order valence-electron chi connectivity index (χ2n) is 7.28. The maximum absolute atomic E-state index is 10.4. The molecule has 1 saturated heterocycles. The van der Waals surface area contributed by atoms with Crippen molar-refractivity contribution in [3.63, 3.8) is 0 Å². The molecular weight excluding hydrogens is 340 g/mol. The lowest BCUT2D eigenvalue weighted by Crippen LogP contribution is -3.16. The molecule has 1 atom stereocenters. The van der Waals surface area contributed by atoms with Crippen LogP contribution in [0, 0.1) is 13.8 Å². The van der Waals surface area contributed by atoms with E-state index in [1.807, 2.05) is 30.3 Å². The molecule has 0 aromatic heterocycles. The van der Waals surface area contributed by atoms with Crippen molar-refractivity contribution in [1.82, 2.24) is 0 Å². The van der Waals surface area contributed by atoms with Crippen molar-refractivity contribution in [3.05, 3.63) is 53.6 Å². The summed E-state index contributed by atoms with van der Waals surface area (Å²) in [6, 6.07) is 14.2. The summed E-state index contributed by atoms with van der Waals surface area (Å²) in [7, 11) is 1.71. The molecule has 0 spiro atoms. The normalized spacial score (nSPS) is 16.2. The van der Waals surface area contributed by atoms with Gasteiger partial charge in [-0.1, -0.05) is 24.3 Å². The monoisotopic (exact) mass is 371 g/mol. The highest BCUT2D eigenvalue weighted by molar-refractivity contribution is 5.58. The Morgan fingerprint density at radius 1 is 1.04 bits per heavy atom. The quantitative estimate of drug-likeness (QED) is 0.774. The van der Waals surface area contributed by atoms with Crippen LogP contribution in [-0.4, -0.2) is 57.7 Å². The molecule has 146 valence electrons. The summed E-state index contributed by atoms with van der Waals surface area (Å²) < 4.78 is 11.3.